The maximum Gasteiger partial charge on any atom is 0.310 e. The Balaban J connectivity index is 1.61. The maximum absolute atomic E-state index is 12.1. The number of rotatable bonds is 7. The SMILES string of the molecule is CCOC(=O)C1CCCN(c2c(NCCN3CCCC3)c(=O)c2=O)C1. The number of hydrogen-bond donors (Lipinski definition) is 1. The number of ether oxygens (including phenoxy) is 1. The highest BCUT2D eigenvalue weighted by atomic mass is 16.5. The molecule has 0 amide bonds. The van der Waals surface area contributed by atoms with E-state index in [4.69, 9.17) is 4.74 Å². The van der Waals surface area contributed by atoms with Gasteiger partial charge >= 0.3 is 5.97 Å². The van der Waals surface area contributed by atoms with Gasteiger partial charge in [-0.15, -0.1) is 0 Å². The van der Waals surface area contributed by atoms with Crippen LogP contribution in [0.5, 0.6) is 0 Å². The average Bonchev–Trinajstić information content (AvgIpc) is 3.14. The molecule has 25 heavy (non-hydrogen) atoms. The molecule has 3 rings (SSSR count). The summed E-state index contributed by atoms with van der Waals surface area (Å²) < 4.78 is 5.10. The highest BCUT2D eigenvalue weighted by molar-refractivity contribution is 5.78. The topological polar surface area (TPSA) is 79.0 Å². The molecule has 0 aliphatic carbocycles. The van der Waals surface area contributed by atoms with E-state index in [1.165, 1.54) is 12.8 Å². The Labute approximate surface area is 147 Å². The number of carbonyl (C=O) groups excluding carboxylic acids is 1. The summed E-state index contributed by atoms with van der Waals surface area (Å²) in [6, 6.07) is 0. The first-order valence-corrected chi connectivity index (χ1v) is 9.33. The quantitative estimate of drug-likeness (QED) is 0.569. The lowest BCUT2D eigenvalue weighted by molar-refractivity contribution is -0.148. The van der Waals surface area contributed by atoms with Crippen LogP contribution in [0.2, 0.25) is 0 Å². The van der Waals surface area contributed by atoms with E-state index in [9.17, 15) is 14.4 Å². The van der Waals surface area contributed by atoms with Gasteiger partial charge in [-0.2, -0.15) is 0 Å². The zero-order chi connectivity index (χ0) is 17.8. The van der Waals surface area contributed by atoms with Gasteiger partial charge in [0.15, 0.2) is 0 Å². The van der Waals surface area contributed by atoms with Gasteiger partial charge in [0.25, 0.3) is 10.9 Å². The van der Waals surface area contributed by atoms with Gasteiger partial charge in [0.2, 0.25) is 0 Å². The molecular formula is C18H27N3O4. The smallest absolute Gasteiger partial charge is 0.310 e. The van der Waals surface area contributed by atoms with E-state index in [1.54, 1.807) is 6.92 Å². The minimum atomic E-state index is -0.437. The second-order valence-electron chi connectivity index (χ2n) is 6.89. The lowest BCUT2D eigenvalue weighted by Gasteiger charge is -2.34. The molecule has 1 unspecified atom stereocenters. The molecule has 2 fully saturated rings. The van der Waals surface area contributed by atoms with E-state index in [0.29, 0.717) is 37.6 Å². The summed E-state index contributed by atoms with van der Waals surface area (Å²) in [5, 5.41) is 3.15. The van der Waals surface area contributed by atoms with Crippen molar-refractivity contribution in [3.63, 3.8) is 0 Å². The number of likely N-dealkylation sites (tertiary alicyclic amines) is 1. The molecule has 1 N–H and O–H groups in total. The molecule has 0 bridgehead atoms. The molecule has 7 heteroatoms. The molecule has 2 heterocycles. The van der Waals surface area contributed by atoms with E-state index in [-0.39, 0.29) is 11.9 Å². The number of carbonyl (C=O) groups is 1. The molecule has 2 aliphatic heterocycles. The summed E-state index contributed by atoms with van der Waals surface area (Å²) in [7, 11) is 0. The minimum Gasteiger partial charge on any atom is -0.466 e. The molecule has 0 spiro atoms. The first-order valence-electron chi connectivity index (χ1n) is 9.33. The number of piperidine rings is 1. The Hall–Kier alpha value is -1.89. The van der Waals surface area contributed by atoms with Crippen LogP contribution in [0.3, 0.4) is 0 Å². The summed E-state index contributed by atoms with van der Waals surface area (Å²) in [5.74, 6) is -0.440. The van der Waals surface area contributed by atoms with Crippen molar-refractivity contribution < 1.29 is 9.53 Å². The third-order valence-corrected chi connectivity index (χ3v) is 5.17. The van der Waals surface area contributed by atoms with Crippen molar-refractivity contribution in [2.24, 2.45) is 5.92 Å². The van der Waals surface area contributed by atoms with Crippen molar-refractivity contribution in [1.82, 2.24) is 4.90 Å². The van der Waals surface area contributed by atoms with Crippen LogP contribution in [0.4, 0.5) is 11.4 Å². The minimum absolute atomic E-state index is 0.213. The van der Waals surface area contributed by atoms with Crippen LogP contribution in [0, 0.1) is 5.92 Å². The van der Waals surface area contributed by atoms with Gasteiger partial charge in [0, 0.05) is 26.2 Å². The van der Waals surface area contributed by atoms with Gasteiger partial charge in [0.1, 0.15) is 11.4 Å². The maximum atomic E-state index is 12.1. The lowest BCUT2D eigenvalue weighted by Crippen LogP contribution is -2.48. The van der Waals surface area contributed by atoms with Gasteiger partial charge in [-0.05, 0) is 45.7 Å². The van der Waals surface area contributed by atoms with E-state index in [1.807, 2.05) is 4.90 Å². The van der Waals surface area contributed by atoms with Crippen LogP contribution < -0.4 is 21.1 Å². The Morgan fingerprint density at radius 3 is 2.64 bits per heavy atom. The summed E-state index contributed by atoms with van der Waals surface area (Å²) in [6.45, 7) is 7.04. The molecule has 0 saturated carbocycles. The Bertz CT molecular complexity index is 674. The predicted octanol–water partition coefficient (Wildman–Crippen LogP) is 0.570. The fraction of sp³-hybridized carbons (Fsp3) is 0.722. The average molecular weight is 349 g/mol. The molecule has 7 nitrogen and oxygen atoms in total. The van der Waals surface area contributed by atoms with Crippen LogP contribution in [0.25, 0.3) is 0 Å². The normalized spacial score (nSPS) is 21.6. The van der Waals surface area contributed by atoms with Crippen molar-refractivity contribution in [1.29, 1.82) is 0 Å². The van der Waals surface area contributed by atoms with Gasteiger partial charge < -0.3 is 19.9 Å². The molecule has 138 valence electrons. The molecule has 1 aromatic rings. The summed E-state index contributed by atoms with van der Waals surface area (Å²) >= 11 is 0. The van der Waals surface area contributed by atoms with Crippen LogP contribution in [0.1, 0.15) is 32.6 Å². The summed E-state index contributed by atoms with van der Waals surface area (Å²) in [4.78, 5) is 40.3. The monoisotopic (exact) mass is 349 g/mol. The number of anilines is 2. The Morgan fingerprint density at radius 2 is 1.92 bits per heavy atom. The Kier molecular flexibility index (Phi) is 5.73. The van der Waals surface area contributed by atoms with Gasteiger partial charge in [0.05, 0.1) is 12.5 Å². The van der Waals surface area contributed by atoms with Crippen LogP contribution in [0.15, 0.2) is 9.59 Å². The zero-order valence-electron chi connectivity index (χ0n) is 14.9. The van der Waals surface area contributed by atoms with Gasteiger partial charge in [-0.25, -0.2) is 0 Å². The highest BCUT2D eigenvalue weighted by Gasteiger charge is 2.32. The first-order chi connectivity index (χ1) is 12.1. The molecule has 2 aliphatic rings. The van der Waals surface area contributed by atoms with E-state index in [2.05, 4.69) is 10.2 Å². The number of nitrogens with one attached hydrogen (secondary N) is 1. The summed E-state index contributed by atoms with van der Waals surface area (Å²) in [5.41, 5.74) is 0.0111. The fourth-order valence-corrected chi connectivity index (χ4v) is 3.82. The third kappa shape index (κ3) is 3.86. The molecule has 1 atom stereocenters. The van der Waals surface area contributed by atoms with Crippen molar-refractivity contribution in [3.05, 3.63) is 20.4 Å². The number of hydrogen-bond acceptors (Lipinski definition) is 7. The standard InChI is InChI=1S/C18H27N3O4/c1-2-25-18(24)13-6-5-10-21(12-13)15-14(16(22)17(15)23)19-7-11-20-8-3-4-9-20/h13,19H,2-12H2,1H3. The first kappa shape index (κ1) is 17.9. The molecule has 0 radical (unpaired) electrons. The van der Waals surface area contributed by atoms with Crippen LogP contribution in [-0.2, 0) is 9.53 Å². The van der Waals surface area contributed by atoms with Crippen molar-refractivity contribution >= 4 is 17.3 Å². The van der Waals surface area contributed by atoms with Crippen LogP contribution in [-0.4, -0.2) is 56.7 Å². The predicted molar refractivity (Wildman–Crippen MR) is 97.1 cm³/mol. The summed E-state index contributed by atoms with van der Waals surface area (Å²) in [6.07, 6.45) is 4.04. The molecular weight excluding hydrogens is 322 g/mol. The largest absolute Gasteiger partial charge is 0.466 e. The second kappa shape index (κ2) is 7.99. The highest BCUT2D eigenvalue weighted by Crippen LogP contribution is 2.27. The molecule has 1 aromatic carbocycles. The van der Waals surface area contributed by atoms with Crippen molar-refractivity contribution in [2.45, 2.75) is 32.6 Å². The van der Waals surface area contributed by atoms with E-state index < -0.39 is 10.9 Å². The molecule has 2 saturated heterocycles. The molecule has 0 aromatic heterocycles. The zero-order valence-corrected chi connectivity index (χ0v) is 14.9. The van der Waals surface area contributed by atoms with E-state index >= 15 is 0 Å². The Morgan fingerprint density at radius 1 is 1.16 bits per heavy atom. The van der Waals surface area contributed by atoms with Gasteiger partial charge in [-0.1, -0.05) is 0 Å². The number of esters is 1. The van der Waals surface area contributed by atoms with E-state index in [0.717, 1.165) is 32.5 Å². The lowest BCUT2D eigenvalue weighted by atomic mass is 9.96. The second-order valence-corrected chi connectivity index (χ2v) is 6.89. The van der Waals surface area contributed by atoms with Crippen LogP contribution >= 0.6 is 0 Å². The number of nitrogens with zero attached hydrogens (tertiary/aromatic N) is 2. The van der Waals surface area contributed by atoms with Gasteiger partial charge in [-0.3, -0.25) is 14.4 Å². The van der Waals surface area contributed by atoms with Crippen molar-refractivity contribution in [2.75, 3.05) is 56.1 Å². The fourth-order valence-electron chi connectivity index (χ4n) is 3.82. The third-order valence-electron chi connectivity index (χ3n) is 5.17. The van der Waals surface area contributed by atoms with Crippen molar-refractivity contribution in [3.8, 4) is 0 Å².